The van der Waals surface area contributed by atoms with Crippen molar-refractivity contribution in [3.63, 3.8) is 0 Å². The summed E-state index contributed by atoms with van der Waals surface area (Å²) >= 11 is 13.7. The number of aromatic nitrogens is 2. The Morgan fingerprint density at radius 3 is 2.90 bits per heavy atom. The Kier molecular flexibility index (Phi) is 4.01. The summed E-state index contributed by atoms with van der Waals surface area (Å²) in [5.41, 5.74) is 2.04. The van der Waals surface area contributed by atoms with Gasteiger partial charge in [0.1, 0.15) is 5.82 Å². The van der Waals surface area contributed by atoms with Crippen LogP contribution in [0.5, 0.6) is 0 Å². The predicted molar refractivity (Wildman–Crippen MR) is 87.3 cm³/mol. The molecule has 0 fully saturated rings. The van der Waals surface area contributed by atoms with E-state index in [4.69, 9.17) is 28.2 Å². The van der Waals surface area contributed by atoms with Crippen LogP contribution >= 0.6 is 34.5 Å². The standard InChI is InChI=1S/C15H14Cl2N2S/c1-10(14-3-2-8-20-14)19-13-5-4-11(17)9-12(13)18-15(19)6-7-16/h2-5,8-10H,6-7H2,1H3. The highest BCUT2D eigenvalue weighted by molar-refractivity contribution is 7.10. The molecular weight excluding hydrogens is 311 g/mol. The summed E-state index contributed by atoms with van der Waals surface area (Å²) in [5, 5.41) is 2.81. The van der Waals surface area contributed by atoms with Crippen LogP contribution in [-0.2, 0) is 6.42 Å². The molecule has 0 radical (unpaired) electrons. The van der Waals surface area contributed by atoms with Crippen LogP contribution in [-0.4, -0.2) is 15.4 Å². The van der Waals surface area contributed by atoms with Crippen molar-refractivity contribution in [1.29, 1.82) is 0 Å². The Morgan fingerprint density at radius 1 is 1.35 bits per heavy atom. The first-order valence-corrected chi connectivity index (χ1v) is 8.25. The Labute approximate surface area is 132 Å². The number of benzene rings is 1. The lowest BCUT2D eigenvalue weighted by atomic mass is 10.2. The van der Waals surface area contributed by atoms with Crippen molar-refractivity contribution >= 4 is 45.6 Å². The van der Waals surface area contributed by atoms with Gasteiger partial charge in [-0.3, -0.25) is 0 Å². The zero-order valence-electron chi connectivity index (χ0n) is 11.0. The fourth-order valence-corrected chi connectivity index (χ4v) is 3.58. The fraction of sp³-hybridized carbons (Fsp3) is 0.267. The van der Waals surface area contributed by atoms with Crippen LogP contribution in [0.4, 0.5) is 0 Å². The minimum absolute atomic E-state index is 0.249. The molecule has 2 heterocycles. The summed E-state index contributed by atoms with van der Waals surface area (Å²) in [4.78, 5) is 6.01. The molecule has 0 bridgehead atoms. The van der Waals surface area contributed by atoms with E-state index in [1.165, 1.54) is 4.88 Å². The lowest BCUT2D eigenvalue weighted by Crippen LogP contribution is -2.10. The maximum atomic E-state index is 6.06. The number of rotatable bonds is 4. The van der Waals surface area contributed by atoms with E-state index in [1.807, 2.05) is 18.2 Å². The summed E-state index contributed by atoms with van der Waals surface area (Å²) in [5.74, 6) is 1.58. The van der Waals surface area contributed by atoms with Gasteiger partial charge in [-0.25, -0.2) is 4.98 Å². The molecule has 3 rings (SSSR count). The maximum Gasteiger partial charge on any atom is 0.111 e. The van der Waals surface area contributed by atoms with Crippen LogP contribution in [0.2, 0.25) is 5.02 Å². The molecule has 1 unspecified atom stereocenters. The van der Waals surface area contributed by atoms with E-state index in [1.54, 1.807) is 11.3 Å². The minimum atomic E-state index is 0.249. The number of aryl methyl sites for hydroxylation is 1. The number of nitrogens with zero attached hydrogens (tertiary/aromatic N) is 2. The second-order valence-corrected chi connectivity index (χ2v) is 6.46. The number of thiophene rings is 1. The van der Waals surface area contributed by atoms with Crippen molar-refractivity contribution in [1.82, 2.24) is 9.55 Å². The molecule has 1 aromatic carbocycles. The van der Waals surface area contributed by atoms with Gasteiger partial charge < -0.3 is 4.57 Å². The van der Waals surface area contributed by atoms with E-state index in [2.05, 4.69) is 29.0 Å². The maximum absolute atomic E-state index is 6.06. The molecule has 1 atom stereocenters. The van der Waals surface area contributed by atoms with Gasteiger partial charge in [0.05, 0.1) is 17.1 Å². The molecule has 2 aromatic heterocycles. The number of alkyl halides is 1. The second-order valence-electron chi connectivity index (χ2n) is 4.66. The molecular formula is C15H14Cl2N2S. The quantitative estimate of drug-likeness (QED) is 0.607. The monoisotopic (exact) mass is 324 g/mol. The van der Waals surface area contributed by atoms with E-state index >= 15 is 0 Å². The molecule has 0 aliphatic carbocycles. The number of halogens is 2. The zero-order valence-corrected chi connectivity index (χ0v) is 13.3. The van der Waals surface area contributed by atoms with Crippen LogP contribution in [0.25, 0.3) is 11.0 Å². The predicted octanol–water partition coefficient (Wildman–Crippen LogP) is 5.14. The molecule has 0 aliphatic rings. The molecule has 0 N–H and O–H groups in total. The highest BCUT2D eigenvalue weighted by Crippen LogP contribution is 2.30. The van der Waals surface area contributed by atoms with Crippen molar-refractivity contribution in [3.05, 3.63) is 51.4 Å². The topological polar surface area (TPSA) is 17.8 Å². The lowest BCUT2D eigenvalue weighted by Gasteiger charge is -2.16. The van der Waals surface area contributed by atoms with Gasteiger partial charge in [0.25, 0.3) is 0 Å². The lowest BCUT2D eigenvalue weighted by molar-refractivity contribution is 0.633. The third-order valence-corrected chi connectivity index (χ3v) is 4.85. The molecule has 20 heavy (non-hydrogen) atoms. The first kappa shape index (κ1) is 13.9. The summed E-state index contributed by atoms with van der Waals surface area (Å²) in [7, 11) is 0. The Hall–Kier alpha value is -1.03. The van der Waals surface area contributed by atoms with Gasteiger partial charge in [-0.2, -0.15) is 0 Å². The molecule has 0 saturated carbocycles. The first-order chi connectivity index (χ1) is 9.70. The van der Waals surface area contributed by atoms with Crippen molar-refractivity contribution in [2.24, 2.45) is 0 Å². The van der Waals surface area contributed by atoms with Gasteiger partial charge >= 0.3 is 0 Å². The summed E-state index contributed by atoms with van der Waals surface area (Å²) in [6.07, 6.45) is 0.754. The number of fused-ring (bicyclic) bond motifs is 1. The summed E-state index contributed by atoms with van der Waals surface area (Å²) in [6, 6.07) is 10.3. The minimum Gasteiger partial charge on any atom is -0.320 e. The Morgan fingerprint density at radius 2 is 2.20 bits per heavy atom. The van der Waals surface area contributed by atoms with E-state index in [9.17, 15) is 0 Å². The molecule has 5 heteroatoms. The van der Waals surface area contributed by atoms with Crippen molar-refractivity contribution in [2.45, 2.75) is 19.4 Å². The molecule has 2 nitrogen and oxygen atoms in total. The Bertz CT molecular complexity index is 719. The van der Waals surface area contributed by atoms with E-state index in [0.717, 1.165) is 23.3 Å². The smallest absolute Gasteiger partial charge is 0.111 e. The second kappa shape index (κ2) is 5.76. The number of imidazole rings is 1. The largest absolute Gasteiger partial charge is 0.320 e. The van der Waals surface area contributed by atoms with Crippen LogP contribution in [0, 0.1) is 0 Å². The van der Waals surface area contributed by atoms with Crippen molar-refractivity contribution in [3.8, 4) is 0 Å². The Balaban J connectivity index is 2.18. The van der Waals surface area contributed by atoms with Crippen LogP contribution in [0.1, 0.15) is 23.7 Å². The van der Waals surface area contributed by atoms with Gasteiger partial charge in [0, 0.05) is 22.2 Å². The normalized spacial score (nSPS) is 12.9. The third kappa shape index (κ3) is 2.46. The van der Waals surface area contributed by atoms with Gasteiger partial charge in [-0.05, 0) is 36.6 Å². The van der Waals surface area contributed by atoms with Crippen LogP contribution in [0.3, 0.4) is 0 Å². The van der Waals surface area contributed by atoms with Gasteiger partial charge in [-0.1, -0.05) is 17.7 Å². The highest BCUT2D eigenvalue weighted by atomic mass is 35.5. The van der Waals surface area contributed by atoms with E-state index in [0.29, 0.717) is 10.9 Å². The SMILES string of the molecule is CC(c1cccs1)n1c(CCCl)nc2cc(Cl)ccc21. The average Bonchev–Trinajstić information content (AvgIpc) is 3.05. The summed E-state index contributed by atoms with van der Waals surface area (Å²) in [6.45, 7) is 2.19. The van der Waals surface area contributed by atoms with Crippen molar-refractivity contribution in [2.75, 3.05) is 5.88 Å². The third-order valence-electron chi connectivity index (χ3n) is 3.38. The van der Waals surface area contributed by atoms with Crippen LogP contribution in [0.15, 0.2) is 35.7 Å². The molecule has 0 amide bonds. The highest BCUT2D eigenvalue weighted by Gasteiger charge is 2.17. The van der Waals surface area contributed by atoms with Gasteiger partial charge in [-0.15, -0.1) is 22.9 Å². The van der Waals surface area contributed by atoms with Gasteiger partial charge in [0.15, 0.2) is 0 Å². The van der Waals surface area contributed by atoms with E-state index in [-0.39, 0.29) is 6.04 Å². The number of hydrogen-bond acceptors (Lipinski definition) is 2. The molecule has 3 aromatic rings. The molecule has 104 valence electrons. The number of hydrogen-bond donors (Lipinski definition) is 0. The van der Waals surface area contributed by atoms with Crippen molar-refractivity contribution < 1.29 is 0 Å². The van der Waals surface area contributed by atoms with Gasteiger partial charge in [0.2, 0.25) is 0 Å². The fourth-order valence-electron chi connectivity index (χ4n) is 2.47. The summed E-state index contributed by atoms with van der Waals surface area (Å²) < 4.78 is 2.26. The molecule has 0 saturated heterocycles. The first-order valence-electron chi connectivity index (χ1n) is 6.46. The zero-order chi connectivity index (χ0) is 14.1. The van der Waals surface area contributed by atoms with E-state index < -0.39 is 0 Å². The molecule has 0 aliphatic heterocycles. The average molecular weight is 325 g/mol. The van der Waals surface area contributed by atoms with Crippen LogP contribution < -0.4 is 0 Å². The molecule has 0 spiro atoms.